The zero-order valence-corrected chi connectivity index (χ0v) is 16.9. The van der Waals surface area contributed by atoms with Crippen molar-refractivity contribution >= 4 is 23.1 Å². The van der Waals surface area contributed by atoms with Crippen molar-refractivity contribution in [1.82, 2.24) is 15.1 Å². The van der Waals surface area contributed by atoms with Crippen molar-refractivity contribution in [3.05, 3.63) is 53.6 Å². The molecule has 2 N–H and O–H groups in total. The SMILES string of the molecule is Cc1ccc(-c2nnc(N[C@@H]3CCCN(C)C3)c3ccccc23)c(F)c1F.O=CO. The molecule has 2 heterocycles. The highest BCUT2D eigenvalue weighted by atomic mass is 19.2. The number of piperidine rings is 1. The van der Waals surface area contributed by atoms with E-state index in [1.54, 1.807) is 19.1 Å². The van der Waals surface area contributed by atoms with Crippen LogP contribution in [0.25, 0.3) is 22.0 Å². The van der Waals surface area contributed by atoms with E-state index < -0.39 is 11.6 Å². The summed E-state index contributed by atoms with van der Waals surface area (Å²) >= 11 is 0. The Morgan fingerprint density at radius 2 is 1.83 bits per heavy atom. The quantitative estimate of drug-likeness (QED) is 0.629. The van der Waals surface area contributed by atoms with E-state index in [0.717, 1.165) is 36.7 Å². The predicted octanol–water partition coefficient (Wildman–Crippen LogP) is 4.09. The highest BCUT2D eigenvalue weighted by Crippen LogP contribution is 2.33. The summed E-state index contributed by atoms with van der Waals surface area (Å²) in [4.78, 5) is 10.6. The maximum Gasteiger partial charge on any atom is 0.290 e. The van der Waals surface area contributed by atoms with Crippen molar-refractivity contribution in [2.75, 3.05) is 25.5 Å². The lowest BCUT2D eigenvalue weighted by Gasteiger charge is -2.30. The number of hydrogen-bond donors (Lipinski definition) is 2. The number of likely N-dealkylation sites (tertiary alicyclic amines) is 1. The molecule has 4 rings (SSSR count). The number of carboxylic acid groups (broad SMARTS) is 1. The minimum Gasteiger partial charge on any atom is -0.483 e. The lowest BCUT2D eigenvalue weighted by atomic mass is 10.0. The molecule has 0 bridgehead atoms. The van der Waals surface area contributed by atoms with E-state index in [0.29, 0.717) is 17.6 Å². The topological polar surface area (TPSA) is 78.4 Å². The fourth-order valence-electron chi connectivity index (χ4n) is 3.72. The maximum absolute atomic E-state index is 14.5. The third-order valence-corrected chi connectivity index (χ3v) is 5.18. The van der Waals surface area contributed by atoms with Crippen LogP contribution >= 0.6 is 0 Å². The first kappa shape index (κ1) is 21.6. The number of carbonyl (C=O) groups is 1. The van der Waals surface area contributed by atoms with Gasteiger partial charge in [0.25, 0.3) is 6.47 Å². The highest BCUT2D eigenvalue weighted by Gasteiger charge is 2.21. The number of nitrogens with one attached hydrogen (secondary N) is 1. The normalized spacial score (nSPS) is 16.6. The number of halogens is 2. The molecule has 30 heavy (non-hydrogen) atoms. The van der Waals surface area contributed by atoms with E-state index in [-0.39, 0.29) is 17.6 Å². The minimum atomic E-state index is -0.885. The molecule has 3 aromatic rings. The zero-order valence-electron chi connectivity index (χ0n) is 16.9. The van der Waals surface area contributed by atoms with Crippen molar-refractivity contribution < 1.29 is 18.7 Å². The number of aryl methyl sites for hydroxylation is 1. The largest absolute Gasteiger partial charge is 0.483 e. The second-order valence-corrected chi connectivity index (χ2v) is 7.35. The van der Waals surface area contributed by atoms with Gasteiger partial charge in [0.1, 0.15) is 5.69 Å². The van der Waals surface area contributed by atoms with Crippen LogP contribution in [0.4, 0.5) is 14.6 Å². The van der Waals surface area contributed by atoms with Crippen molar-refractivity contribution in [3.8, 4) is 11.3 Å². The molecule has 2 aromatic carbocycles. The van der Waals surface area contributed by atoms with Gasteiger partial charge in [-0.25, -0.2) is 8.78 Å². The van der Waals surface area contributed by atoms with E-state index in [1.165, 1.54) is 0 Å². The Hall–Kier alpha value is -3.13. The van der Waals surface area contributed by atoms with Crippen molar-refractivity contribution in [1.29, 1.82) is 0 Å². The Morgan fingerprint density at radius 1 is 1.13 bits per heavy atom. The zero-order chi connectivity index (χ0) is 21.7. The molecule has 158 valence electrons. The maximum atomic E-state index is 14.5. The van der Waals surface area contributed by atoms with Gasteiger partial charge in [-0.15, -0.1) is 10.2 Å². The van der Waals surface area contributed by atoms with Gasteiger partial charge in [0, 0.05) is 28.9 Å². The summed E-state index contributed by atoms with van der Waals surface area (Å²) < 4.78 is 28.6. The van der Waals surface area contributed by atoms with E-state index in [1.807, 2.05) is 24.3 Å². The summed E-state index contributed by atoms with van der Waals surface area (Å²) in [5.41, 5.74) is 0.757. The van der Waals surface area contributed by atoms with E-state index in [4.69, 9.17) is 9.90 Å². The Morgan fingerprint density at radius 3 is 2.53 bits per heavy atom. The lowest BCUT2D eigenvalue weighted by molar-refractivity contribution is -0.122. The van der Waals surface area contributed by atoms with Gasteiger partial charge < -0.3 is 15.3 Å². The number of benzene rings is 2. The van der Waals surface area contributed by atoms with Gasteiger partial charge in [-0.3, -0.25) is 4.79 Å². The van der Waals surface area contributed by atoms with Crippen molar-refractivity contribution in [2.24, 2.45) is 0 Å². The molecule has 0 saturated carbocycles. The van der Waals surface area contributed by atoms with E-state index >= 15 is 0 Å². The second kappa shape index (κ2) is 9.58. The summed E-state index contributed by atoms with van der Waals surface area (Å²) in [7, 11) is 2.11. The van der Waals surface area contributed by atoms with Gasteiger partial charge in [0.15, 0.2) is 17.5 Å². The molecule has 1 aliphatic rings. The molecule has 0 unspecified atom stereocenters. The second-order valence-electron chi connectivity index (χ2n) is 7.35. The first-order chi connectivity index (χ1) is 14.5. The van der Waals surface area contributed by atoms with Gasteiger partial charge in [0.05, 0.1) is 0 Å². The molecular formula is C22H24F2N4O2. The number of hydrogen-bond acceptors (Lipinski definition) is 5. The molecule has 0 spiro atoms. The molecule has 1 atom stereocenters. The predicted molar refractivity (Wildman–Crippen MR) is 112 cm³/mol. The van der Waals surface area contributed by atoms with Gasteiger partial charge in [-0.1, -0.05) is 30.3 Å². The first-order valence-corrected chi connectivity index (χ1v) is 9.69. The Balaban J connectivity index is 0.000000806. The summed E-state index contributed by atoms with van der Waals surface area (Å²) in [5.74, 6) is -1.04. The summed E-state index contributed by atoms with van der Waals surface area (Å²) in [6.45, 7) is 3.33. The molecule has 6 nitrogen and oxygen atoms in total. The molecule has 1 aromatic heterocycles. The standard InChI is InChI=1S/C21H22F2N4.CH2O2/c1-13-9-10-17(19(23)18(13)22)20-15-7-3-4-8-16(15)21(26-25-20)24-14-6-5-11-27(2)12-14;2-1-3/h3-4,7-10,14H,5-6,11-12H2,1-2H3,(H,24,26);1H,(H,2,3)/t14-;/m1./s1. The third kappa shape index (κ3) is 4.54. The van der Waals surface area contributed by atoms with Gasteiger partial charge >= 0.3 is 0 Å². The third-order valence-electron chi connectivity index (χ3n) is 5.18. The van der Waals surface area contributed by atoms with E-state index in [9.17, 15) is 8.78 Å². The summed E-state index contributed by atoms with van der Waals surface area (Å²) in [6, 6.07) is 11.0. The molecule has 0 aliphatic carbocycles. The fourth-order valence-corrected chi connectivity index (χ4v) is 3.72. The highest BCUT2D eigenvalue weighted by molar-refractivity contribution is 6.00. The van der Waals surface area contributed by atoms with Gasteiger partial charge in [-0.2, -0.15) is 0 Å². The molecule has 1 aliphatic heterocycles. The van der Waals surface area contributed by atoms with Crippen LogP contribution in [0.5, 0.6) is 0 Å². The molecule has 1 saturated heterocycles. The van der Waals surface area contributed by atoms with Crippen molar-refractivity contribution in [2.45, 2.75) is 25.8 Å². The molecular weight excluding hydrogens is 390 g/mol. The number of rotatable bonds is 3. The molecule has 1 fully saturated rings. The summed E-state index contributed by atoms with van der Waals surface area (Å²) in [5, 5.41) is 20.6. The van der Waals surface area contributed by atoms with Gasteiger partial charge in [-0.05, 0) is 45.0 Å². The minimum absolute atomic E-state index is 0.130. The Labute approximate surface area is 173 Å². The number of anilines is 1. The number of nitrogens with zero attached hydrogens (tertiary/aromatic N) is 3. The van der Waals surface area contributed by atoms with Crippen LogP contribution in [0.3, 0.4) is 0 Å². The Kier molecular flexibility index (Phi) is 6.89. The average Bonchev–Trinajstić information content (AvgIpc) is 2.74. The van der Waals surface area contributed by atoms with Gasteiger partial charge in [0.2, 0.25) is 0 Å². The van der Waals surface area contributed by atoms with E-state index in [2.05, 4.69) is 27.5 Å². The lowest BCUT2D eigenvalue weighted by Crippen LogP contribution is -2.40. The average molecular weight is 414 g/mol. The monoisotopic (exact) mass is 414 g/mol. The molecule has 0 radical (unpaired) electrons. The van der Waals surface area contributed by atoms with Crippen LogP contribution in [-0.4, -0.2) is 52.9 Å². The van der Waals surface area contributed by atoms with Crippen LogP contribution in [0.2, 0.25) is 0 Å². The number of aromatic nitrogens is 2. The number of fused-ring (bicyclic) bond motifs is 1. The van der Waals surface area contributed by atoms with Crippen LogP contribution in [-0.2, 0) is 4.79 Å². The van der Waals surface area contributed by atoms with Crippen LogP contribution in [0.1, 0.15) is 18.4 Å². The van der Waals surface area contributed by atoms with Crippen LogP contribution in [0.15, 0.2) is 36.4 Å². The number of likely N-dealkylation sites (N-methyl/N-ethyl adjacent to an activating group) is 1. The first-order valence-electron chi connectivity index (χ1n) is 9.69. The molecule has 8 heteroatoms. The fraction of sp³-hybridized carbons (Fsp3) is 0.318. The molecule has 0 amide bonds. The van der Waals surface area contributed by atoms with Crippen LogP contribution < -0.4 is 5.32 Å². The summed E-state index contributed by atoms with van der Waals surface area (Å²) in [6.07, 6.45) is 2.20. The van der Waals surface area contributed by atoms with Crippen LogP contribution in [0, 0.1) is 18.6 Å². The smallest absolute Gasteiger partial charge is 0.290 e. The van der Waals surface area contributed by atoms with Crippen molar-refractivity contribution in [3.63, 3.8) is 0 Å². The Bertz CT molecular complexity index is 1050.